The largest absolute Gasteiger partial charge is 0.494 e. The Morgan fingerprint density at radius 3 is 2.65 bits per heavy atom. The molecule has 0 unspecified atom stereocenters. The minimum absolute atomic E-state index is 0.0168. The molecule has 0 fully saturated rings. The van der Waals surface area contributed by atoms with E-state index in [1.54, 1.807) is 18.2 Å². The van der Waals surface area contributed by atoms with E-state index in [9.17, 15) is 9.18 Å². The molecule has 0 bridgehead atoms. The highest BCUT2D eigenvalue weighted by molar-refractivity contribution is 6.10. The smallest absolute Gasteiger partial charge is 0.199 e. The number of rotatable bonds is 2. The Kier molecular flexibility index (Phi) is 3.48. The molecule has 5 nitrogen and oxygen atoms in total. The molecule has 0 aliphatic heterocycles. The lowest BCUT2D eigenvalue weighted by molar-refractivity contribution is 0.387. The Bertz CT molecular complexity index is 1290. The third kappa shape index (κ3) is 2.10. The molecule has 0 radical (unpaired) electrons. The number of nitrogens with zero attached hydrogens (tertiary/aromatic N) is 2. The zero-order valence-corrected chi connectivity index (χ0v) is 14.6. The van der Waals surface area contributed by atoms with Crippen LogP contribution < -0.4 is 10.2 Å². The highest BCUT2D eigenvalue weighted by Crippen LogP contribution is 2.31. The van der Waals surface area contributed by atoms with Gasteiger partial charge in [-0.2, -0.15) is 5.26 Å². The van der Waals surface area contributed by atoms with Crippen molar-refractivity contribution < 1.29 is 9.13 Å². The summed E-state index contributed by atoms with van der Waals surface area (Å²) in [6.07, 6.45) is 0. The van der Waals surface area contributed by atoms with E-state index in [4.69, 9.17) is 10.00 Å². The van der Waals surface area contributed by atoms with Crippen LogP contribution in [0, 0.1) is 17.1 Å². The van der Waals surface area contributed by atoms with Gasteiger partial charge < -0.3 is 14.3 Å². The standard InChI is InChI=1S/C20H16FN3O2/c1-10(2)24-16-8-14(21)17(26-3)7-13(16)19(25)18-12-5-4-11(9-22)6-15(12)23-20(18)24/h4-8,10,23H,1-3H3. The number of hydrogen-bond acceptors (Lipinski definition) is 3. The normalized spacial score (nSPS) is 11.5. The van der Waals surface area contributed by atoms with Crippen LogP contribution in [0.1, 0.15) is 25.5 Å². The van der Waals surface area contributed by atoms with Gasteiger partial charge in [-0.3, -0.25) is 4.79 Å². The molecule has 0 aliphatic carbocycles. The van der Waals surface area contributed by atoms with E-state index in [1.807, 2.05) is 18.4 Å². The van der Waals surface area contributed by atoms with E-state index in [-0.39, 0.29) is 17.2 Å². The van der Waals surface area contributed by atoms with Crippen molar-refractivity contribution in [1.29, 1.82) is 5.26 Å². The zero-order valence-electron chi connectivity index (χ0n) is 14.6. The van der Waals surface area contributed by atoms with Crippen molar-refractivity contribution in [3.05, 3.63) is 51.9 Å². The summed E-state index contributed by atoms with van der Waals surface area (Å²) in [6, 6.07) is 10.0. The Morgan fingerprint density at radius 1 is 1.23 bits per heavy atom. The molecule has 1 N–H and O–H groups in total. The summed E-state index contributed by atoms with van der Waals surface area (Å²) in [5.74, 6) is -0.480. The Morgan fingerprint density at radius 2 is 2.00 bits per heavy atom. The first-order valence-electron chi connectivity index (χ1n) is 8.23. The lowest BCUT2D eigenvalue weighted by Gasteiger charge is -2.17. The number of ether oxygens (including phenoxy) is 1. The van der Waals surface area contributed by atoms with E-state index in [2.05, 4.69) is 11.1 Å². The van der Waals surface area contributed by atoms with Crippen molar-refractivity contribution in [3.8, 4) is 11.8 Å². The van der Waals surface area contributed by atoms with E-state index in [0.717, 1.165) is 5.39 Å². The maximum Gasteiger partial charge on any atom is 0.199 e. The quantitative estimate of drug-likeness (QED) is 0.588. The molecule has 0 amide bonds. The topological polar surface area (TPSA) is 70.8 Å². The highest BCUT2D eigenvalue weighted by Gasteiger charge is 2.19. The van der Waals surface area contributed by atoms with Crippen LogP contribution >= 0.6 is 0 Å². The molecule has 26 heavy (non-hydrogen) atoms. The second kappa shape index (κ2) is 5.60. The highest BCUT2D eigenvalue weighted by atomic mass is 19.1. The number of benzene rings is 2. The van der Waals surface area contributed by atoms with E-state index in [0.29, 0.717) is 33.0 Å². The molecule has 0 aliphatic rings. The van der Waals surface area contributed by atoms with Gasteiger partial charge in [-0.1, -0.05) is 6.07 Å². The summed E-state index contributed by atoms with van der Waals surface area (Å²) in [5.41, 5.74) is 2.13. The number of methoxy groups -OCH3 is 1. The van der Waals surface area contributed by atoms with Gasteiger partial charge >= 0.3 is 0 Å². The van der Waals surface area contributed by atoms with Gasteiger partial charge in [0.05, 0.1) is 35.0 Å². The predicted molar refractivity (Wildman–Crippen MR) is 99.2 cm³/mol. The van der Waals surface area contributed by atoms with Gasteiger partial charge in [0.2, 0.25) is 0 Å². The number of nitrogens with one attached hydrogen (secondary N) is 1. The Labute approximate surface area is 148 Å². The predicted octanol–water partition coefficient (Wildman–Crippen LogP) is 4.24. The third-order valence-corrected chi connectivity index (χ3v) is 4.67. The molecule has 2 aromatic heterocycles. The third-order valence-electron chi connectivity index (χ3n) is 4.67. The van der Waals surface area contributed by atoms with Crippen LogP contribution in [0.25, 0.3) is 32.8 Å². The fourth-order valence-corrected chi connectivity index (χ4v) is 3.54. The number of hydrogen-bond donors (Lipinski definition) is 1. The van der Waals surface area contributed by atoms with Crippen molar-refractivity contribution in [2.24, 2.45) is 0 Å². The SMILES string of the molecule is COc1cc2c(=O)c3c4ccc(C#N)cc4[nH]c3n(C(C)C)c2cc1F. The van der Waals surface area contributed by atoms with Crippen LogP contribution in [0.15, 0.2) is 35.1 Å². The number of halogens is 1. The van der Waals surface area contributed by atoms with Gasteiger partial charge in [-0.25, -0.2) is 4.39 Å². The maximum atomic E-state index is 14.3. The summed E-state index contributed by atoms with van der Waals surface area (Å²) < 4.78 is 21.3. The molecule has 0 spiro atoms. The molecule has 2 aromatic carbocycles. The second-order valence-corrected chi connectivity index (χ2v) is 6.52. The average Bonchev–Trinajstić information content (AvgIpc) is 2.99. The fourth-order valence-electron chi connectivity index (χ4n) is 3.54. The van der Waals surface area contributed by atoms with Gasteiger partial charge in [0.15, 0.2) is 17.0 Å². The van der Waals surface area contributed by atoms with Crippen LogP contribution in [0.4, 0.5) is 4.39 Å². The Hall–Kier alpha value is -3.33. The number of aromatic amines is 1. The van der Waals surface area contributed by atoms with Crippen LogP contribution in [0.2, 0.25) is 0 Å². The number of aromatic nitrogens is 2. The molecule has 0 saturated heterocycles. The first-order valence-corrected chi connectivity index (χ1v) is 8.23. The molecule has 4 aromatic rings. The van der Waals surface area contributed by atoms with Crippen LogP contribution in [0.3, 0.4) is 0 Å². The van der Waals surface area contributed by atoms with Crippen molar-refractivity contribution in [1.82, 2.24) is 9.55 Å². The van der Waals surface area contributed by atoms with Crippen LogP contribution in [0.5, 0.6) is 5.75 Å². The number of pyridine rings is 1. The first kappa shape index (κ1) is 16.2. The molecular weight excluding hydrogens is 333 g/mol. The van der Waals surface area contributed by atoms with E-state index in [1.165, 1.54) is 19.2 Å². The zero-order chi connectivity index (χ0) is 18.6. The van der Waals surface area contributed by atoms with Crippen molar-refractivity contribution in [3.63, 3.8) is 0 Å². The monoisotopic (exact) mass is 349 g/mol. The number of H-pyrrole nitrogens is 1. The summed E-state index contributed by atoms with van der Waals surface area (Å²) in [6.45, 7) is 3.94. The first-order chi connectivity index (χ1) is 12.5. The lowest BCUT2D eigenvalue weighted by Crippen LogP contribution is -2.13. The molecule has 2 heterocycles. The molecule has 0 saturated carbocycles. The molecule has 4 rings (SSSR count). The van der Waals surface area contributed by atoms with E-state index < -0.39 is 5.82 Å². The summed E-state index contributed by atoms with van der Waals surface area (Å²) in [4.78, 5) is 16.4. The van der Waals surface area contributed by atoms with Crippen LogP contribution in [-0.2, 0) is 0 Å². The van der Waals surface area contributed by atoms with Crippen molar-refractivity contribution in [2.45, 2.75) is 19.9 Å². The van der Waals surface area contributed by atoms with Crippen molar-refractivity contribution >= 4 is 32.8 Å². The second-order valence-electron chi connectivity index (χ2n) is 6.52. The average molecular weight is 349 g/mol. The van der Waals surface area contributed by atoms with Gasteiger partial charge in [0, 0.05) is 23.0 Å². The van der Waals surface area contributed by atoms with Gasteiger partial charge in [0.1, 0.15) is 5.65 Å². The van der Waals surface area contributed by atoms with Crippen molar-refractivity contribution in [2.75, 3.05) is 7.11 Å². The summed E-state index contributed by atoms with van der Waals surface area (Å²) in [7, 11) is 1.37. The van der Waals surface area contributed by atoms with E-state index >= 15 is 0 Å². The molecule has 0 atom stereocenters. The Balaban J connectivity index is 2.30. The molecule has 6 heteroatoms. The number of nitriles is 1. The minimum atomic E-state index is -0.518. The maximum absolute atomic E-state index is 14.3. The minimum Gasteiger partial charge on any atom is -0.494 e. The van der Waals surface area contributed by atoms with Gasteiger partial charge in [-0.05, 0) is 32.0 Å². The molecule has 130 valence electrons. The van der Waals surface area contributed by atoms with Gasteiger partial charge in [0.25, 0.3) is 0 Å². The van der Waals surface area contributed by atoms with Crippen LogP contribution in [-0.4, -0.2) is 16.7 Å². The number of fused-ring (bicyclic) bond motifs is 4. The van der Waals surface area contributed by atoms with Gasteiger partial charge in [-0.15, -0.1) is 0 Å². The lowest BCUT2D eigenvalue weighted by atomic mass is 10.1. The fraction of sp³-hybridized carbons (Fsp3) is 0.200. The summed E-state index contributed by atoms with van der Waals surface area (Å²) >= 11 is 0. The summed E-state index contributed by atoms with van der Waals surface area (Å²) in [5, 5.41) is 10.8. The molecular formula is C20H16FN3O2.